The third-order valence-corrected chi connectivity index (χ3v) is 9.65. The predicted octanol–water partition coefficient (Wildman–Crippen LogP) is 12.5. The minimum atomic E-state index is -0.587. The van der Waals surface area contributed by atoms with Gasteiger partial charge in [-0.25, -0.2) is 15.0 Å². The summed E-state index contributed by atoms with van der Waals surface area (Å²) in [6, 6.07) is 28.1. The Morgan fingerprint density at radius 2 is 1.08 bits per heavy atom. The second-order valence-electron chi connectivity index (χ2n) is 11.7. The van der Waals surface area contributed by atoms with Gasteiger partial charge in [0.1, 0.15) is 11.2 Å². The Morgan fingerprint density at radius 3 is 1.92 bits per heavy atom. The van der Waals surface area contributed by atoms with E-state index in [0.29, 0.717) is 16.7 Å². The van der Waals surface area contributed by atoms with Crippen molar-refractivity contribution in [2.75, 3.05) is 0 Å². The van der Waals surface area contributed by atoms with Crippen LogP contribution in [0.1, 0.15) is 13.7 Å². The average molecular weight is 668 g/mol. The quantitative estimate of drug-likeness (QED) is 0.183. The SMILES string of the molecule is [2H]c1c([2H])c([2H])c(-c2cc3c(sc4c([2H])c(-c5nc(-c6ccc(-c7ccccc7)cc6)nc(-c6ccc7c(c6)oc6ccccc67)n5)c([2H])c([2H])c43)c([2H])c2[2H])c([2H])c1[2H]. The molecule has 0 saturated carbocycles. The van der Waals surface area contributed by atoms with Crippen molar-refractivity contribution in [3.8, 4) is 56.4 Å². The number of hydrogen-bond donors (Lipinski definition) is 0. The summed E-state index contributed by atoms with van der Waals surface area (Å²) in [6.07, 6.45) is 0. The van der Waals surface area contributed by atoms with Crippen LogP contribution < -0.4 is 0 Å². The molecule has 10 rings (SSSR count). The summed E-state index contributed by atoms with van der Waals surface area (Å²) in [4.78, 5) is 14.5. The molecule has 7 aromatic carbocycles. The summed E-state index contributed by atoms with van der Waals surface area (Å²) in [6.45, 7) is 0. The molecule has 0 aliphatic rings. The van der Waals surface area contributed by atoms with Gasteiger partial charge >= 0.3 is 0 Å². The van der Waals surface area contributed by atoms with Crippen LogP contribution in [0.25, 0.3) is 98.5 Å². The van der Waals surface area contributed by atoms with Crippen LogP contribution in [0.3, 0.4) is 0 Å². The Bertz CT molecular complexity index is 3410. The minimum absolute atomic E-state index is 0.0122. The van der Waals surface area contributed by atoms with E-state index in [1.165, 1.54) is 6.07 Å². The van der Waals surface area contributed by atoms with Crippen LogP contribution in [0.2, 0.25) is 0 Å². The van der Waals surface area contributed by atoms with Gasteiger partial charge in [0.15, 0.2) is 17.5 Å². The smallest absolute Gasteiger partial charge is 0.164 e. The molecule has 3 heterocycles. The van der Waals surface area contributed by atoms with Gasteiger partial charge in [0, 0.05) is 47.6 Å². The Labute approximate surface area is 306 Å². The molecule has 5 heteroatoms. The zero-order chi connectivity index (χ0) is 41.7. The van der Waals surface area contributed by atoms with Gasteiger partial charge < -0.3 is 4.42 Å². The van der Waals surface area contributed by atoms with Crippen molar-refractivity contribution in [1.82, 2.24) is 15.0 Å². The van der Waals surface area contributed by atoms with E-state index in [1.807, 2.05) is 97.1 Å². The summed E-state index contributed by atoms with van der Waals surface area (Å²) in [5, 5.41) is 2.29. The standard InChI is InChI=1S/C45H27N3OS/c1-3-9-28(10-4-1)30-15-17-31(18-16-30)43-46-44(33-19-22-36-35-13-7-8-14-39(35)49-40(36)26-33)48-45(47-43)34-20-23-37-38-25-32(29-11-5-2-6-12-29)21-24-41(38)50-42(37)27-34/h1-27H/i2D,5D,6D,11D,12D,20D,21D,23D,24D,27D. The van der Waals surface area contributed by atoms with Crippen molar-refractivity contribution in [2.45, 2.75) is 0 Å². The molecular formula is C45H27N3OS. The fraction of sp³-hybridized carbons (Fsp3) is 0. The highest BCUT2D eigenvalue weighted by atomic mass is 32.1. The lowest BCUT2D eigenvalue weighted by Gasteiger charge is -2.09. The Balaban J connectivity index is 1.19. The number of hydrogen-bond acceptors (Lipinski definition) is 5. The van der Waals surface area contributed by atoms with Crippen LogP contribution in [0.15, 0.2) is 168 Å². The number of fused-ring (bicyclic) bond motifs is 6. The first kappa shape index (κ1) is 20.2. The van der Waals surface area contributed by atoms with Gasteiger partial charge in [-0.15, -0.1) is 11.3 Å². The van der Waals surface area contributed by atoms with Gasteiger partial charge in [-0.05, 0) is 58.6 Å². The first-order chi connectivity index (χ1) is 28.9. The zero-order valence-corrected chi connectivity index (χ0v) is 26.8. The molecule has 0 amide bonds. The number of thiophene rings is 1. The van der Waals surface area contributed by atoms with Crippen LogP contribution >= 0.6 is 11.3 Å². The van der Waals surface area contributed by atoms with E-state index in [4.69, 9.17) is 29.0 Å². The van der Waals surface area contributed by atoms with Crippen molar-refractivity contribution in [1.29, 1.82) is 0 Å². The lowest BCUT2D eigenvalue weighted by Crippen LogP contribution is -2.00. The second kappa shape index (κ2) is 11.6. The maximum Gasteiger partial charge on any atom is 0.164 e. The number of para-hydroxylation sites is 1. The predicted molar refractivity (Wildman–Crippen MR) is 207 cm³/mol. The van der Waals surface area contributed by atoms with Gasteiger partial charge in [0.05, 0.1) is 13.7 Å². The second-order valence-corrected chi connectivity index (χ2v) is 12.7. The molecule has 0 aliphatic heterocycles. The maximum atomic E-state index is 9.53. The fourth-order valence-corrected chi connectivity index (χ4v) is 7.14. The third kappa shape index (κ3) is 4.95. The van der Waals surface area contributed by atoms with E-state index in [9.17, 15) is 4.11 Å². The van der Waals surface area contributed by atoms with Crippen molar-refractivity contribution in [3.63, 3.8) is 0 Å². The van der Waals surface area contributed by atoms with Crippen molar-refractivity contribution in [3.05, 3.63) is 164 Å². The first-order valence-electron chi connectivity index (χ1n) is 20.8. The molecule has 0 aliphatic carbocycles. The highest BCUT2D eigenvalue weighted by molar-refractivity contribution is 7.25. The van der Waals surface area contributed by atoms with Crippen LogP contribution in [-0.4, -0.2) is 15.0 Å². The van der Waals surface area contributed by atoms with Gasteiger partial charge in [-0.2, -0.15) is 0 Å². The highest BCUT2D eigenvalue weighted by Crippen LogP contribution is 2.39. The summed E-state index contributed by atoms with van der Waals surface area (Å²) in [7, 11) is 0. The van der Waals surface area contributed by atoms with E-state index >= 15 is 0 Å². The fourth-order valence-electron chi connectivity index (χ4n) is 6.15. The molecule has 0 bridgehead atoms. The van der Waals surface area contributed by atoms with Crippen LogP contribution in [-0.2, 0) is 0 Å². The topological polar surface area (TPSA) is 51.8 Å². The summed E-state index contributed by atoms with van der Waals surface area (Å²) in [5.74, 6) is 0.514. The number of furan rings is 1. The Hall–Kier alpha value is -6.43. The van der Waals surface area contributed by atoms with Gasteiger partial charge in [-0.1, -0.05) is 127 Å². The molecule has 0 unspecified atom stereocenters. The molecular weight excluding hydrogens is 631 g/mol. The Kier molecular flexibility index (Phi) is 4.69. The molecule has 0 radical (unpaired) electrons. The van der Waals surface area contributed by atoms with Gasteiger partial charge in [0.25, 0.3) is 0 Å². The molecule has 3 aromatic heterocycles. The van der Waals surface area contributed by atoms with Crippen LogP contribution in [0.5, 0.6) is 0 Å². The molecule has 50 heavy (non-hydrogen) atoms. The molecule has 234 valence electrons. The zero-order valence-electron chi connectivity index (χ0n) is 36.0. The van der Waals surface area contributed by atoms with E-state index < -0.39 is 30.2 Å². The minimum Gasteiger partial charge on any atom is -0.456 e. The van der Waals surface area contributed by atoms with Crippen LogP contribution in [0.4, 0.5) is 0 Å². The summed E-state index contributed by atoms with van der Waals surface area (Å²) >= 11 is 1.01. The summed E-state index contributed by atoms with van der Waals surface area (Å²) in [5.41, 5.74) is 4.26. The van der Waals surface area contributed by atoms with Gasteiger partial charge in [-0.3, -0.25) is 0 Å². The monoisotopic (exact) mass is 667 g/mol. The lowest BCUT2D eigenvalue weighted by molar-refractivity contribution is 0.669. The number of aromatic nitrogens is 3. The molecule has 4 nitrogen and oxygen atoms in total. The molecule has 0 fully saturated rings. The number of benzene rings is 7. The average Bonchev–Trinajstić information content (AvgIpc) is 3.85. The summed E-state index contributed by atoms with van der Waals surface area (Å²) < 4.78 is 94.3. The van der Waals surface area contributed by atoms with E-state index in [1.54, 1.807) is 0 Å². The maximum absolute atomic E-state index is 9.53. The molecule has 0 spiro atoms. The Morgan fingerprint density at radius 1 is 0.420 bits per heavy atom. The normalized spacial score (nSPS) is 14.4. The lowest BCUT2D eigenvalue weighted by atomic mass is 10.0. The number of rotatable bonds is 5. The van der Waals surface area contributed by atoms with Crippen molar-refractivity contribution >= 4 is 53.4 Å². The van der Waals surface area contributed by atoms with E-state index in [0.717, 1.165) is 38.8 Å². The van der Waals surface area contributed by atoms with Crippen molar-refractivity contribution in [2.24, 2.45) is 0 Å². The van der Waals surface area contributed by atoms with Crippen molar-refractivity contribution < 1.29 is 18.1 Å². The molecule has 0 saturated heterocycles. The van der Waals surface area contributed by atoms with E-state index in [-0.39, 0.29) is 84.5 Å². The van der Waals surface area contributed by atoms with Gasteiger partial charge in [0.2, 0.25) is 0 Å². The highest BCUT2D eigenvalue weighted by Gasteiger charge is 2.16. The molecule has 0 N–H and O–H groups in total. The largest absolute Gasteiger partial charge is 0.456 e. The van der Waals surface area contributed by atoms with Crippen LogP contribution in [0, 0.1) is 0 Å². The molecule has 10 aromatic rings. The first-order valence-corrected chi connectivity index (χ1v) is 16.6. The third-order valence-electron chi connectivity index (χ3n) is 8.61. The van der Waals surface area contributed by atoms with E-state index in [2.05, 4.69) is 0 Å². The number of nitrogens with zero attached hydrogens (tertiary/aromatic N) is 3. The molecule has 0 atom stereocenters.